The number of nitrogens with zero attached hydrogens (tertiary/aromatic N) is 2. The molecule has 0 spiro atoms. The van der Waals surface area contributed by atoms with Crippen molar-refractivity contribution in [1.29, 1.82) is 0 Å². The summed E-state index contributed by atoms with van der Waals surface area (Å²) in [5.41, 5.74) is 0. The summed E-state index contributed by atoms with van der Waals surface area (Å²) in [4.78, 5) is 7.81. The lowest BCUT2D eigenvalue weighted by Gasteiger charge is -1.92. The Morgan fingerprint density at radius 3 is 3.00 bits per heavy atom. The molecule has 1 aliphatic rings. The van der Waals surface area contributed by atoms with Crippen LogP contribution in [0.3, 0.4) is 0 Å². The van der Waals surface area contributed by atoms with Gasteiger partial charge in [0, 0.05) is 18.6 Å². The zero-order chi connectivity index (χ0) is 9.19. The summed E-state index contributed by atoms with van der Waals surface area (Å²) >= 11 is 0. The molecule has 0 aliphatic carbocycles. The van der Waals surface area contributed by atoms with Gasteiger partial charge >= 0.3 is 0 Å². The fraction of sp³-hybridized carbons (Fsp3) is 0.111. The average molecular weight is 178 g/mol. The molecule has 0 saturated heterocycles. The number of hydrogen-bond donors (Lipinski definition) is 0. The van der Waals surface area contributed by atoms with Gasteiger partial charge in [-0.2, -0.15) is 0 Å². The Balaban J connectivity index is 2.50. The van der Waals surface area contributed by atoms with E-state index < -0.39 is 0 Å². The highest BCUT2D eigenvalue weighted by atomic mass is 16.5. The predicted molar refractivity (Wildman–Crippen MR) is 51.4 cm³/mol. The molecular weight excluding hydrogens is 168 g/mol. The van der Waals surface area contributed by atoms with Crippen molar-refractivity contribution in [2.75, 3.05) is 6.73 Å². The number of ether oxygens (including phenoxy) is 2. The van der Waals surface area contributed by atoms with Crippen LogP contribution in [-0.2, 0) is 9.47 Å². The Kier molecular flexibility index (Phi) is 4.87. The Hall–Kier alpha value is -1.84. The Morgan fingerprint density at radius 2 is 2.00 bits per heavy atom. The van der Waals surface area contributed by atoms with Crippen LogP contribution in [0.4, 0.5) is 0 Å². The molecule has 0 aromatic rings. The number of rotatable bonds is 0. The molecule has 0 unspecified atom stereocenters. The third kappa shape index (κ3) is 5.43. The molecule has 68 valence electrons. The van der Waals surface area contributed by atoms with Gasteiger partial charge in [0.25, 0.3) is 0 Å². The van der Waals surface area contributed by atoms with Crippen molar-refractivity contribution < 1.29 is 9.47 Å². The normalized spacial score (nSPS) is 28.9. The van der Waals surface area contributed by atoms with Crippen LogP contribution < -0.4 is 0 Å². The smallest absolute Gasteiger partial charge is 0.178 e. The fourth-order valence-corrected chi connectivity index (χ4v) is 0.575. The second-order valence-electron chi connectivity index (χ2n) is 2.00. The molecule has 0 aromatic heterocycles. The second-order valence-corrected chi connectivity index (χ2v) is 2.00. The highest BCUT2D eigenvalue weighted by Gasteiger charge is 1.74. The number of aliphatic imine (C=N–C) groups is 2. The van der Waals surface area contributed by atoms with Crippen LogP contribution in [0.5, 0.6) is 0 Å². The van der Waals surface area contributed by atoms with Crippen LogP contribution in [0.15, 0.2) is 47.1 Å². The van der Waals surface area contributed by atoms with Gasteiger partial charge < -0.3 is 9.47 Å². The van der Waals surface area contributed by atoms with Crippen molar-refractivity contribution in [3.63, 3.8) is 0 Å². The first-order valence-electron chi connectivity index (χ1n) is 3.75. The van der Waals surface area contributed by atoms with E-state index in [-0.39, 0.29) is 6.73 Å². The molecular formula is C9H10N2O2. The summed E-state index contributed by atoms with van der Waals surface area (Å²) in [6, 6.07) is 0. The van der Waals surface area contributed by atoms with E-state index in [1.54, 1.807) is 30.8 Å². The molecule has 1 aliphatic heterocycles. The van der Waals surface area contributed by atoms with Crippen LogP contribution in [0.25, 0.3) is 0 Å². The second kappa shape index (κ2) is 6.84. The summed E-state index contributed by atoms with van der Waals surface area (Å²) in [7, 11) is 0. The summed E-state index contributed by atoms with van der Waals surface area (Å²) in [5, 5.41) is 0. The zero-order valence-electron chi connectivity index (χ0n) is 7.04. The predicted octanol–water partition coefficient (Wildman–Crippen LogP) is 1.63. The Bertz CT molecular complexity index is 265. The molecule has 0 aromatic carbocycles. The van der Waals surface area contributed by atoms with E-state index in [0.29, 0.717) is 0 Å². The third-order valence-electron chi connectivity index (χ3n) is 1.07. The summed E-state index contributed by atoms with van der Waals surface area (Å²) in [5.74, 6) is 0. The molecule has 0 atom stereocenters. The van der Waals surface area contributed by atoms with Crippen molar-refractivity contribution in [2.24, 2.45) is 9.98 Å². The zero-order valence-corrected chi connectivity index (χ0v) is 7.04. The molecule has 13 heavy (non-hydrogen) atoms. The Labute approximate surface area is 76.6 Å². The van der Waals surface area contributed by atoms with Gasteiger partial charge in [-0.1, -0.05) is 0 Å². The minimum absolute atomic E-state index is 0.275. The molecule has 0 N–H and O–H groups in total. The van der Waals surface area contributed by atoms with Crippen LogP contribution in [0, 0.1) is 0 Å². The molecule has 0 radical (unpaired) electrons. The molecule has 0 bridgehead atoms. The van der Waals surface area contributed by atoms with Crippen molar-refractivity contribution in [3.8, 4) is 0 Å². The monoisotopic (exact) mass is 178 g/mol. The molecule has 4 nitrogen and oxygen atoms in total. The average Bonchev–Trinajstić information content (AvgIpc) is 2.18. The van der Waals surface area contributed by atoms with E-state index in [9.17, 15) is 0 Å². The number of allylic oxidation sites excluding steroid dienone is 2. The molecule has 4 heteroatoms. The summed E-state index contributed by atoms with van der Waals surface area (Å²) in [6.45, 7) is 0.275. The standard InChI is InChI=1S/C9H10N2O2/c1-3-10-5-2-6-12-7-8-13-9-11-4-1/h1-8H,9H2/b3-1-,6-2-,8-7-,10-5+,11-4-. The maximum absolute atomic E-state index is 4.94. The van der Waals surface area contributed by atoms with Gasteiger partial charge in [-0.25, -0.2) is 0 Å². The van der Waals surface area contributed by atoms with E-state index in [1.165, 1.54) is 18.8 Å². The highest BCUT2D eigenvalue weighted by molar-refractivity contribution is 5.74. The summed E-state index contributed by atoms with van der Waals surface area (Å²) in [6.07, 6.45) is 12.6. The maximum Gasteiger partial charge on any atom is 0.178 e. The van der Waals surface area contributed by atoms with Crippen molar-refractivity contribution in [3.05, 3.63) is 37.1 Å². The van der Waals surface area contributed by atoms with Gasteiger partial charge in [-0.3, -0.25) is 9.98 Å². The minimum atomic E-state index is 0.275. The molecule has 1 heterocycles. The van der Waals surface area contributed by atoms with Crippen LogP contribution in [-0.4, -0.2) is 19.2 Å². The van der Waals surface area contributed by atoms with Crippen LogP contribution >= 0.6 is 0 Å². The minimum Gasteiger partial charge on any atom is -0.476 e. The van der Waals surface area contributed by atoms with Crippen molar-refractivity contribution >= 4 is 12.4 Å². The lowest BCUT2D eigenvalue weighted by Crippen LogP contribution is -1.81. The van der Waals surface area contributed by atoms with Crippen LogP contribution in [0.1, 0.15) is 0 Å². The van der Waals surface area contributed by atoms with Gasteiger partial charge in [-0.15, -0.1) is 0 Å². The van der Waals surface area contributed by atoms with E-state index in [1.807, 2.05) is 0 Å². The number of hydrogen-bond acceptors (Lipinski definition) is 4. The lowest BCUT2D eigenvalue weighted by atomic mass is 10.6. The third-order valence-corrected chi connectivity index (χ3v) is 1.07. The van der Waals surface area contributed by atoms with Gasteiger partial charge in [0.2, 0.25) is 0 Å². The fourth-order valence-electron chi connectivity index (χ4n) is 0.575. The van der Waals surface area contributed by atoms with Gasteiger partial charge in [0.05, 0.1) is 6.26 Å². The van der Waals surface area contributed by atoms with E-state index in [4.69, 9.17) is 9.47 Å². The maximum atomic E-state index is 4.94. The molecule has 0 amide bonds. The van der Waals surface area contributed by atoms with Crippen molar-refractivity contribution in [2.45, 2.75) is 0 Å². The van der Waals surface area contributed by atoms with Gasteiger partial charge in [0.15, 0.2) is 6.73 Å². The van der Waals surface area contributed by atoms with Gasteiger partial charge in [-0.05, 0) is 12.2 Å². The van der Waals surface area contributed by atoms with Gasteiger partial charge in [0.1, 0.15) is 12.5 Å². The van der Waals surface area contributed by atoms with E-state index in [2.05, 4.69) is 9.98 Å². The SMILES string of the molecule is C1=C\N=C\C=C/O/C=C\OC\N=C/1. The largest absolute Gasteiger partial charge is 0.476 e. The van der Waals surface area contributed by atoms with Crippen molar-refractivity contribution in [1.82, 2.24) is 0 Å². The molecule has 0 saturated carbocycles. The van der Waals surface area contributed by atoms with E-state index >= 15 is 0 Å². The van der Waals surface area contributed by atoms with Crippen LogP contribution in [0.2, 0.25) is 0 Å². The molecule has 1 rings (SSSR count). The van der Waals surface area contributed by atoms with E-state index in [0.717, 1.165) is 0 Å². The lowest BCUT2D eigenvalue weighted by molar-refractivity contribution is 0.246. The Morgan fingerprint density at radius 1 is 1.00 bits per heavy atom. The first kappa shape index (κ1) is 9.25. The first-order valence-corrected chi connectivity index (χ1v) is 3.75. The topological polar surface area (TPSA) is 43.2 Å². The summed E-state index contributed by atoms with van der Waals surface area (Å²) < 4.78 is 9.83. The molecule has 0 fully saturated rings. The highest BCUT2D eigenvalue weighted by Crippen LogP contribution is 1.84. The first-order chi connectivity index (χ1) is 6.50. The quantitative estimate of drug-likeness (QED) is 0.565.